The van der Waals surface area contributed by atoms with Gasteiger partial charge in [0.15, 0.2) is 17.3 Å². The lowest BCUT2D eigenvalue weighted by atomic mass is 10.0. The first kappa shape index (κ1) is 17.9. The second-order valence-corrected chi connectivity index (χ2v) is 6.15. The number of hydrogen-bond acceptors (Lipinski definition) is 5. The first-order valence-electron chi connectivity index (χ1n) is 8.57. The van der Waals surface area contributed by atoms with Crippen molar-refractivity contribution in [3.05, 3.63) is 53.1 Å². The Hall–Kier alpha value is -2.95. The summed E-state index contributed by atoms with van der Waals surface area (Å²) in [6, 6.07) is 8.40. The van der Waals surface area contributed by atoms with E-state index in [1.807, 2.05) is 26.0 Å². The zero-order valence-electron chi connectivity index (χ0n) is 15.1. The number of carbonyl (C=O) groups excluding carboxylic acids is 1. The van der Waals surface area contributed by atoms with Gasteiger partial charge in [-0.25, -0.2) is 0 Å². The van der Waals surface area contributed by atoms with E-state index in [0.29, 0.717) is 12.2 Å². The van der Waals surface area contributed by atoms with Crippen LogP contribution in [0.2, 0.25) is 0 Å². The van der Waals surface area contributed by atoms with E-state index in [4.69, 9.17) is 14.2 Å². The highest BCUT2D eigenvalue weighted by molar-refractivity contribution is 6.07. The van der Waals surface area contributed by atoms with Crippen molar-refractivity contribution in [3.63, 3.8) is 0 Å². The van der Waals surface area contributed by atoms with Gasteiger partial charge in [0.2, 0.25) is 0 Å². The summed E-state index contributed by atoms with van der Waals surface area (Å²) in [4.78, 5) is 12.5. The number of methoxy groups -OCH3 is 1. The number of rotatable bonds is 6. The van der Waals surface area contributed by atoms with Crippen molar-refractivity contribution in [3.8, 4) is 23.0 Å². The number of ether oxygens (including phenoxy) is 3. The van der Waals surface area contributed by atoms with Gasteiger partial charge in [0, 0.05) is 23.1 Å². The summed E-state index contributed by atoms with van der Waals surface area (Å²) in [6.07, 6.45) is 4.20. The Bertz CT molecular complexity index is 854. The van der Waals surface area contributed by atoms with E-state index >= 15 is 0 Å². The van der Waals surface area contributed by atoms with Gasteiger partial charge in [0.05, 0.1) is 13.7 Å². The van der Waals surface area contributed by atoms with Crippen molar-refractivity contribution in [1.82, 2.24) is 0 Å². The maximum absolute atomic E-state index is 12.5. The molecule has 26 heavy (non-hydrogen) atoms. The van der Waals surface area contributed by atoms with Crippen LogP contribution in [0.1, 0.15) is 35.3 Å². The Morgan fingerprint density at radius 1 is 1.31 bits per heavy atom. The molecule has 1 aliphatic heterocycles. The maximum Gasteiger partial charge on any atom is 0.185 e. The summed E-state index contributed by atoms with van der Waals surface area (Å²) in [7, 11) is 1.44. The van der Waals surface area contributed by atoms with Gasteiger partial charge in [-0.15, -0.1) is 0 Å². The van der Waals surface area contributed by atoms with Crippen LogP contribution in [0.3, 0.4) is 0 Å². The summed E-state index contributed by atoms with van der Waals surface area (Å²) in [5, 5.41) is 9.65. The van der Waals surface area contributed by atoms with Crippen LogP contribution in [0.4, 0.5) is 0 Å². The first-order chi connectivity index (χ1) is 12.5. The van der Waals surface area contributed by atoms with Crippen LogP contribution >= 0.6 is 0 Å². The van der Waals surface area contributed by atoms with Crippen molar-refractivity contribution >= 4 is 11.9 Å². The molecule has 3 rings (SSSR count). The number of carbonyl (C=O) groups is 1. The highest BCUT2D eigenvalue weighted by Gasteiger charge is 2.21. The molecule has 1 aliphatic rings. The number of aromatic hydroxyl groups is 1. The summed E-state index contributed by atoms with van der Waals surface area (Å²) in [5.41, 5.74) is 2.34. The highest BCUT2D eigenvalue weighted by atomic mass is 16.5. The minimum atomic E-state index is -0.194. The lowest BCUT2D eigenvalue weighted by molar-refractivity contribution is 0.104. The Kier molecular flexibility index (Phi) is 5.16. The second kappa shape index (κ2) is 7.52. The number of phenols is 1. The van der Waals surface area contributed by atoms with Crippen molar-refractivity contribution in [2.75, 3.05) is 13.7 Å². The van der Waals surface area contributed by atoms with Gasteiger partial charge in [0.25, 0.3) is 0 Å². The standard InChI is InChI=1S/C21H22O5/c1-4-25-19-12-16-9-13(2)26-20(16)11-15(19)6-7-17(22)14-5-8-18(23)21(10-14)24-3/h5-8,10-13,23H,4,9H2,1-3H3/b7-6+/t13-/m1/s1. The Morgan fingerprint density at radius 3 is 2.85 bits per heavy atom. The van der Waals surface area contributed by atoms with E-state index in [1.165, 1.54) is 25.3 Å². The topological polar surface area (TPSA) is 65.0 Å². The molecule has 5 nitrogen and oxygen atoms in total. The molecule has 0 spiro atoms. The summed E-state index contributed by atoms with van der Waals surface area (Å²) in [6.45, 7) is 4.49. The lowest BCUT2D eigenvalue weighted by Crippen LogP contribution is -2.05. The number of fused-ring (bicyclic) bond motifs is 1. The third kappa shape index (κ3) is 3.67. The molecular formula is C21H22O5. The molecule has 5 heteroatoms. The van der Waals surface area contributed by atoms with E-state index in [0.717, 1.165) is 29.0 Å². The fraction of sp³-hybridized carbons (Fsp3) is 0.286. The predicted molar refractivity (Wildman–Crippen MR) is 99.4 cm³/mol. The Balaban J connectivity index is 1.88. The van der Waals surface area contributed by atoms with Crippen molar-refractivity contribution in [2.45, 2.75) is 26.4 Å². The average molecular weight is 354 g/mol. The predicted octanol–water partition coefficient (Wildman–Crippen LogP) is 4.02. The summed E-state index contributed by atoms with van der Waals surface area (Å²) >= 11 is 0. The molecular weight excluding hydrogens is 332 g/mol. The molecule has 0 bridgehead atoms. The normalized spacial score (nSPS) is 15.6. The van der Waals surface area contributed by atoms with Gasteiger partial charge in [-0.3, -0.25) is 4.79 Å². The average Bonchev–Trinajstić information content (AvgIpc) is 2.99. The van der Waals surface area contributed by atoms with Crippen molar-refractivity contribution in [1.29, 1.82) is 0 Å². The zero-order chi connectivity index (χ0) is 18.7. The Labute approximate surface area is 152 Å². The monoisotopic (exact) mass is 354 g/mol. The van der Waals surface area contributed by atoms with Gasteiger partial charge in [-0.2, -0.15) is 0 Å². The molecule has 0 fully saturated rings. The molecule has 2 aromatic carbocycles. The molecule has 1 atom stereocenters. The fourth-order valence-electron chi connectivity index (χ4n) is 2.96. The van der Waals surface area contributed by atoms with Crippen LogP contribution in [0.25, 0.3) is 6.08 Å². The van der Waals surface area contributed by atoms with Crippen LogP contribution in [0, 0.1) is 0 Å². The molecule has 0 saturated carbocycles. The third-order valence-electron chi connectivity index (χ3n) is 4.21. The van der Waals surface area contributed by atoms with E-state index < -0.39 is 0 Å². The SMILES string of the molecule is CCOc1cc2c(cc1/C=C/C(=O)c1ccc(O)c(OC)c1)O[C@H](C)C2. The lowest BCUT2D eigenvalue weighted by Gasteiger charge is -2.10. The molecule has 2 aromatic rings. The number of phenolic OH excluding ortho intramolecular Hbond substituents is 1. The van der Waals surface area contributed by atoms with Crippen molar-refractivity contribution in [2.24, 2.45) is 0 Å². The van der Waals surface area contributed by atoms with Crippen LogP contribution in [0.15, 0.2) is 36.4 Å². The van der Waals surface area contributed by atoms with Crippen LogP contribution < -0.4 is 14.2 Å². The number of benzene rings is 2. The molecule has 1 N–H and O–H groups in total. The number of ketones is 1. The van der Waals surface area contributed by atoms with Crippen LogP contribution in [-0.2, 0) is 6.42 Å². The highest BCUT2D eigenvalue weighted by Crippen LogP contribution is 2.36. The molecule has 0 amide bonds. The molecule has 136 valence electrons. The van der Waals surface area contributed by atoms with Gasteiger partial charge in [-0.1, -0.05) is 0 Å². The Morgan fingerprint density at radius 2 is 2.12 bits per heavy atom. The molecule has 0 aliphatic carbocycles. The smallest absolute Gasteiger partial charge is 0.185 e. The zero-order valence-corrected chi connectivity index (χ0v) is 15.1. The molecule has 0 saturated heterocycles. The van der Waals surface area contributed by atoms with Gasteiger partial charge < -0.3 is 19.3 Å². The van der Waals surface area contributed by atoms with E-state index in [1.54, 1.807) is 12.1 Å². The largest absolute Gasteiger partial charge is 0.504 e. The van der Waals surface area contributed by atoms with Crippen molar-refractivity contribution < 1.29 is 24.1 Å². The number of allylic oxidation sites excluding steroid dienone is 1. The summed E-state index contributed by atoms with van der Waals surface area (Å²) in [5.74, 6) is 1.63. The molecule has 1 heterocycles. The minimum absolute atomic E-state index is 0.00319. The molecule has 0 unspecified atom stereocenters. The van der Waals surface area contributed by atoms with Crippen LogP contribution in [-0.4, -0.2) is 30.7 Å². The molecule has 0 radical (unpaired) electrons. The first-order valence-corrected chi connectivity index (χ1v) is 8.57. The quantitative estimate of drug-likeness (QED) is 0.627. The second-order valence-electron chi connectivity index (χ2n) is 6.15. The number of hydrogen-bond donors (Lipinski definition) is 1. The molecule has 0 aromatic heterocycles. The summed E-state index contributed by atoms with van der Waals surface area (Å²) < 4.78 is 16.6. The third-order valence-corrected chi connectivity index (χ3v) is 4.21. The van der Waals surface area contributed by atoms with Gasteiger partial charge >= 0.3 is 0 Å². The van der Waals surface area contributed by atoms with E-state index in [-0.39, 0.29) is 23.4 Å². The van der Waals surface area contributed by atoms with E-state index in [9.17, 15) is 9.90 Å². The maximum atomic E-state index is 12.5. The van der Waals surface area contributed by atoms with Crippen LogP contribution in [0.5, 0.6) is 23.0 Å². The minimum Gasteiger partial charge on any atom is -0.504 e. The fourth-order valence-corrected chi connectivity index (χ4v) is 2.96. The van der Waals surface area contributed by atoms with Gasteiger partial charge in [0.1, 0.15) is 17.6 Å². The van der Waals surface area contributed by atoms with E-state index in [2.05, 4.69) is 0 Å². The van der Waals surface area contributed by atoms with Gasteiger partial charge in [-0.05, 0) is 56.3 Å².